The maximum Gasteiger partial charge on any atom is 0.230 e. The molecule has 1 aromatic carbocycles. The highest BCUT2D eigenvalue weighted by molar-refractivity contribution is 8.01. The molecule has 1 heterocycles. The molecule has 0 saturated carbocycles. The second-order valence-electron chi connectivity index (χ2n) is 5.62. The Hall–Kier alpha value is -1.80. The number of anilines is 2. The molecule has 0 radical (unpaired) electrons. The number of carbonyl (C=O) groups is 1. The van der Waals surface area contributed by atoms with E-state index in [0.29, 0.717) is 16.8 Å². The normalized spacial score (nSPS) is 12.0. The summed E-state index contributed by atoms with van der Waals surface area (Å²) < 4.78 is 5.95. The zero-order valence-electron chi connectivity index (χ0n) is 14.2. The molecule has 0 aliphatic carbocycles. The topological polar surface area (TPSA) is 76.1 Å². The first-order chi connectivity index (χ1) is 11.5. The van der Waals surface area contributed by atoms with Crippen molar-refractivity contribution in [2.24, 2.45) is 5.92 Å². The van der Waals surface area contributed by atoms with Gasteiger partial charge in [0.25, 0.3) is 0 Å². The Morgan fingerprint density at radius 1 is 1.33 bits per heavy atom. The highest BCUT2D eigenvalue weighted by Crippen LogP contribution is 2.28. The molecule has 1 unspecified atom stereocenters. The number of benzene rings is 1. The second kappa shape index (κ2) is 8.89. The molecular weight excluding hydrogens is 344 g/mol. The highest BCUT2D eigenvalue weighted by Gasteiger charge is 2.12. The summed E-state index contributed by atoms with van der Waals surface area (Å²) in [7, 11) is 1.63. The zero-order valence-corrected chi connectivity index (χ0v) is 15.8. The summed E-state index contributed by atoms with van der Waals surface area (Å²) in [6.45, 7) is 6.17. The van der Waals surface area contributed by atoms with E-state index >= 15 is 0 Å². The van der Waals surface area contributed by atoms with Gasteiger partial charge in [0.2, 0.25) is 11.0 Å². The van der Waals surface area contributed by atoms with Crippen LogP contribution in [-0.2, 0) is 4.79 Å². The maximum atomic E-state index is 11.9. The van der Waals surface area contributed by atoms with Gasteiger partial charge >= 0.3 is 0 Å². The molecule has 6 nitrogen and oxygen atoms in total. The molecule has 1 amide bonds. The van der Waals surface area contributed by atoms with Gasteiger partial charge in [0.15, 0.2) is 4.34 Å². The minimum atomic E-state index is 0.0127. The van der Waals surface area contributed by atoms with Crippen molar-refractivity contribution in [3.63, 3.8) is 0 Å². The number of aromatic nitrogens is 2. The van der Waals surface area contributed by atoms with Crippen molar-refractivity contribution in [1.82, 2.24) is 15.5 Å². The summed E-state index contributed by atoms with van der Waals surface area (Å²) in [5.74, 6) is 1.54. The lowest BCUT2D eigenvalue weighted by Gasteiger charge is -2.16. The van der Waals surface area contributed by atoms with E-state index in [9.17, 15) is 4.79 Å². The molecule has 0 spiro atoms. The third kappa shape index (κ3) is 5.68. The highest BCUT2D eigenvalue weighted by atomic mass is 32.2. The molecule has 2 N–H and O–H groups in total. The number of ether oxygens (including phenoxy) is 1. The number of nitrogens with one attached hydrogen (secondary N) is 2. The predicted octanol–water partition coefficient (Wildman–Crippen LogP) is 3.54. The summed E-state index contributed by atoms with van der Waals surface area (Å²) >= 11 is 2.81. The predicted molar refractivity (Wildman–Crippen MR) is 99.4 cm³/mol. The number of carbonyl (C=O) groups excluding carboxylic acids is 1. The Kier molecular flexibility index (Phi) is 6.86. The fourth-order valence-electron chi connectivity index (χ4n) is 1.73. The number of amides is 1. The van der Waals surface area contributed by atoms with Crippen molar-refractivity contribution in [2.45, 2.75) is 31.2 Å². The van der Waals surface area contributed by atoms with Crippen molar-refractivity contribution in [3.8, 4) is 5.75 Å². The van der Waals surface area contributed by atoms with Gasteiger partial charge in [-0.15, -0.1) is 10.2 Å². The van der Waals surface area contributed by atoms with Gasteiger partial charge in [0.1, 0.15) is 5.75 Å². The van der Waals surface area contributed by atoms with E-state index in [2.05, 4.69) is 34.7 Å². The molecule has 0 saturated heterocycles. The van der Waals surface area contributed by atoms with Crippen molar-refractivity contribution >= 4 is 39.8 Å². The molecule has 0 aliphatic rings. The second-order valence-corrected chi connectivity index (χ2v) is 7.82. The standard InChI is InChI=1S/C16H22N4O2S2/c1-10(2)11(3)17-14(21)9-23-16-20-19-15(24-16)18-12-6-5-7-13(8-12)22-4/h5-8,10-11H,9H2,1-4H3,(H,17,21)(H,18,19). The summed E-state index contributed by atoms with van der Waals surface area (Å²) in [6.07, 6.45) is 0. The van der Waals surface area contributed by atoms with E-state index in [0.717, 1.165) is 15.8 Å². The summed E-state index contributed by atoms with van der Waals surface area (Å²) in [5, 5.41) is 15.0. The van der Waals surface area contributed by atoms with Crippen LogP contribution in [0.5, 0.6) is 5.75 Å². The van der Waals surface area contributed by atoms with Crippen LogP contribution in [0.2, 0.25) is 0 Å². The Morgan fingerprint density at radius 2 is 2.12 bits per heavy atom. The Bertz CT molecular complexity index is 676. The molecule has 0 fully saturated rings. The third-order valence-corrected chi connectivity index (χ3v) is 5.41. The van der Waals surface area contributed by atoms with Crippen molar-refractivity contribution in [2.75, 3.05) is 18.2 Å². The minimum absolute atomic E-state index is 0.0127. The number of hydrogen-bond acceptors (Lipinski definition) is 7. The van der Waals surface area contributed by atoms with Crippen LogP contribution in [0, 0.1) is 5.92 Å². The Balaban J connectivity index is 1.85. The molecule has 2 rings (SSSR count). The average molecular weight is 367 g/mol. The van der Waals surface area contributed by atoms with Gasteiger partial charge in [0, 0.05) is 17.8 Å². The van der Waals surface area contributed by atoms with E-state index in [4.69, 9.17) is 4.74 Å². The van der Waals surface area contributed by atoms with Crippen molar-refractivity contribution in [3.05, 3.63) is 24.3 Å². The van der Waals surface area contributed by atoms with Gasteiger partial charge in [-0.1, -0.05) is 43.0 Å². The lowest BCUT2D eigenvalue weighted by atomic mass is 10.1. The van der Waals surface area contributed by atoms with E-state index in [1.807, 2.05) is 31.2 Å². The number of rotatable bonds is 8. The van der Waals surface area contributed by atoms with Gasteiger partial charge in [-0.25, -0.2) is 0 Å². The van der Waals surface area contributed by atoms with Crippen LogP contribution < -0.4 is 15.4 Å². The first kappa shape index (κ1) is 18.5. The first-order valence-corrected chi connectivity index (χ1v) is 9.45. The summed E-state index contributed by atoms with van der Waals surface area (Å²) in [6, 6.07) is 7.76. The lowest BCUT2D eigenvalue weighted by molar-refractivity contribution is -0.119. The molecule has 2 aromatic rings. The minimum Gasteiger partial charge on any atom is -0.497 e. The van der Waals surface area contributed by atoms with E-state index < -0.39 is 0 Å². The number of nitrogens with zero attached hydrogens (tertiary/aromatic N) is 2. The fraction of sp³-hybridized carbons (Fsp3) is 0.438. The number of hydrogen-bond donors (Lipinski definition) is 2. The van der Waals surface area contributed by atoms with Gasteiger partial charge in [-0.05, 0) is 25.0 Å². The molecule has 8 heteroatoms. The van der Waals surface area contributed by atoms with Gasteiger partial charge in [-0.3, -0.25) is 4.79 Å². The van der Waals surface area contributed by atoms with Crippen LogP contribution in [0.15, 0.2) is 28.6 Å². The van der Waals surface area contributed by atoms with Crippen LogP contribution in [0.3, 0.4) is 0 Å². The molecular formula is C16H22N4O2S2. The van der Waals surface area contributed by atoms with Gasteiger partial charge in [-0.2, -0.15) is 0 Å². The van der Waals surface area contributed by atoms with E-state index in [-0.39, 0.29) is 11.9 Å². The average Bonchev–Trinajstić information content (AvgIpc) is 3.00. The summed E-state index contributed by atoms with van der Waals surface area (Å²) in [4.78, 5) is 11.9. The quantitative estimate of drug-likeness (QED) is 0.696. The largest absolute Gasteiger partial charge is 0.497 e. The molecule has 130 valence electrons. The van der Waals surface area contributed by atoms with Crippen molar-refractivity contribution in [1.29, 1.82) is 0 Å². The molecule has 1 atom stereocenters. The van der Waals surface area contributed by atoms with Crippen LogP contribution in [0.1, 0.15) is 20.8 Å². The number of thioether (sulfide) groups is 1. The molecule has 0 bridgehead atoms. The molecule has 1 aromatic heterocycles. The zero-order chi connectivity index (χ0) is 17.5. The third-order valence-electron chi connectivity index (χ3n) is 3.44. The van der Waals surface area contributed by atoms with Crippen LogP contribution >= 0.6 is 23.1 Å². The fourth-order valence-corrected chi connectivity index (χ4v) is 3.32. The molecule has 24 heavy (non-hydrogen) atoms. The van der Waals surface area contributed by atoms with E-state index in [1.54, 1.807) is 7.11 Å². The van der Waals surface area contributed by atoms with Gasteiger partial charge in [0.05, 0.1) is 12.9 Å². The SMILES string of the molecule is COc1cccc(Nc2nnc(SCC(=O)NC(C)C(C)C)s2)c1. The monoisotopic (exact) mass is 366 g/mol. The lowest BCUT2D eigenvalue weighted by Crippen LogP contribution is -2.37. The van der Waals surface area contributed by atoms with Gasteiger partial charge < -0.3 is 15.4 Å². The summed E-state index contributed by atoms with van der Waals surface area (Å²) in [5.41, 5.74) is 0.880. The van der Waals surface area contributed by atoms with Crippen LogP contribution in [0.25, 0.3) is 0 Å². The number of methoxy groups -OCH3 is 1. The first-order valence-electron chi connectivity index (χ1n) is 7.64. The Labute approximate surface area is 150 Å². The van der Waals surface area contributed by atoms with Crippen LogP contribution in [0.4, 0.5) is 10.8 Å². The molecule has 0 aliphatic heterocycles. The smallest absolute Gasteiger partial charge is 0.230 e. The maximum absolute atomic E-state index is 11.9. The van der Waals surface area contributed by atoms with Crippen LogP contribution in [-0.4, -0.2) is 35.0 Å². The van der Waals surface area contributed by atoms with E-state index in [1.165, 1.54) is 23.1 Å². The van der Waals surface area contributed by atoms with Crippen molar-refractivity contribution < 1.29 is 9.53 Å². The Morgan fingerprint density at radius 3 is 2.83 bits per heavy atom.